The molecule has 3 unspecified atom stereocenters. The van der Waals surface area contributed by atoms with Crippen molar-refractivity contribution in [3.63, 3.8) is 0 Å². The summed E-state index contributed by atoms with van der Waals surface area (Å²) >= 11 is 0. The maximum atomic E-state index is 12.5. The van der Waals surface area contributed by atoms with Crippen molar-refractivity contribution in [3.8, 4) is 17.2 Å². The Balaban J connectivity index is 1.34. The lowest BCUT2D eigenvalue weighted by Gasteiger charge is -2.33. The van der Waals surface area contributed by atoms with Gasteiger partial charge >= 0.3 is 0 Å². The number of nitrogens with zero attached hydrogens (tertiary/aromatic N) is 5. The molecular formula is C29H31N9O2. The average Bonchev–Trinajstić information content (AvgIpc) is 3.31. The molecule has 204 valence electrons. The lowest BCUT2D eigenvalue weighted by molar-refractivity contribution is 0.0961. The van der Waals surface area contributed by atoms with Crippen LogP contribution in [0, 0.1) is 17.2 Å². The van der Waals surface area contributed by atoms with Gasteiger partial charge in [-0.1, -0.05) is 23.9 Å². The second kappa shape index (κ2) is 9.27. The molecule has 1 saturated carbocycles. The van der Waals surface area contributed by atoms with Crippen molar-refractivity contribution >= 4 is 11.8 Å². The molecule has 11 nitrogen and oxygen atoms in total. The Hall–Kier alpha value is -4.56. The van der Waals surface area contributed by atoms with Gasteiger partial charge in [0.1, 0.15) is 6.04 Å². The first-order valence-corrected chi connectivity index (χ1v) is 13.4. The van der Waals surface area contributed by atoms with E-state index in [9.17, 15) is 14.9 Å². The number of aromatic nitrogens is 4. The molecule has 4 atom stereocenters. The lowest BCUT2D eigenvalue weighted by atomic mass is 9.74. The van der Waals surface area contributed by atoms with E-state index in [1.165, 1.54) is 0 Å². The second-order valence-electron chi connectivity index (χ2n) is 11.1. The van der Waals surface area contributed by atoms with Crippen LogP contribution in [0.4, 0.5) is 0 Å². The fourth-order valence-electron chi connectivity index (χ4n) is 6.92. The van der Waals surface area contributed by atoms with Crippen LogP contribution >= 0.6 is 0 Å². The van der Waals surface area contributed by atoms with Crippen molar-refractivity contribution in [1.29, 1.82) is 5.26 Å². The number of primary amides is 1. The molecule has 11 heteroatoms. The fraction of sp³-hybridized carbons (Fsp3) is 0.379. The number of benzene rings is 2. The molecule has 2 aromatic carbocycles. The maximum Gasteiger partial charge on any atom is 0.251 e. The Kier molecular flexibility index (Phi) is 5.96. The Morgan fingerprint density at radius 3 is 2.55 bits per heavy atom. The number of aromatic amines is 1. The van der Waals surface area contributed by atoms with Crippen LogP contribution in [0.15, 0.2) is 48.7 Å². The predicted octanol–water partition coefficient (Wildman–Crippen LogP) is 1.84. The van der Waals surface area contributed by atoms with Gasteiger partial charge in [0.25, 0.3) is 5.91 Å². The highest BCUT2D eigenvalue weighted by Crippen LogP contribution is 2.59. The molecule has 3 aliphatic rings. The van der Waals surface area contributed by atoms with Crippen molar-refractivity contribution in [2.45, 2.75) is 43.2 Å². The number of amides is 2. The van der Waals surface area contributed by atoms with Gasteiger partial charge in [0.05, 0.1) is 11.5 Å². The monoisotopic (exact) mass is 537 g/mol. The highest BCUT2D eigenvalue weighted by Gasteiger charge is 2.62. The Bertz CT molecular complexity index is 1580. The number of nitrogens with one attached hydrogen (secondary N) is 3. The molecule has 0 radical (unpaired) electrons. The minimum atomic E-state index is -0.792. The molecule has 40 heavy (non-hydrogen) atoms. The first-order valence-electron chi connectivity index (χ1n) is 13.4. The average molecular weight is 538 g/mol. The van der Waals surface area contributed by atoms with Crippen LogP contribution in [0.2, 0.25) is 0 Å². The number of hydrogen-bond acceptors (Lipinski definition) is 8. The smallest absolute Gasteiger partial charge is 0.251 e. The molecule has 2 amide bonds. The maximum absolute atomic E-state index is 12.5. The van der Waals surface area contributed by atoms with Crippen LogP contribution in [0.3, 0.4) is 0 Å². The van der Waals surface area contributed by atoms with Crippen LogP contribution in [0.5, 0.6) is 0 Å². The number of nitrogens with two attached hydrogens (primary N) is 1. The van der Waals surface area contributed by atoms with Crippen LogP contribution < -0.4 is 16.4 Å². The van der Waals surface area contributed by atoms with E-state index in [0.29, 0.717) is 42.4 Å². The lowest BCUT2D eigenvalue weighted by Crippen LogP contribution is -2.41. The third-order valence-electron chi connectivity index (χ3n) is 8.99. The van der Waals surface area contributed by atoms with E-state index in [0.717, 1.165) is 40.8 Å². The van der Waals surface area contributed by atoms with E-state index in [4.69, 9.17) is 5.73 Å². The third-order valence-corrected chi connectivity index (χ3v) is 8.99. The molecule has 0 bridgehead atoms. The molecule has 3 aromatic rings. The van der Waals surface area contributed by atoms with E-state index in [2.05, 4.69) is 55.7 Å². The molecule has 2 heterocycles. The summed E-state index contributed by atoms with van der Waals surface area (Å²) in [7, 11) is 1.59. The highest BCUT2D eigenvalue weighted by molar-refractivity contribution is 5.99. The zero-order valence-electron chi connectivity index (χ0n) is 22.5. The van der Waals surface area contributed by atoms with E-state index < -0.39 is 11.3 Å². The number of likely N-dealkylation sites (tertiary alicyclic amines) is 1. The molecule has 1 saturated heterocycles. The fourth-order valence-corrected chi connectivity index (χ4v) is 6.92. The quantitative estimate of drug-likeness (QED) is 0.300. The van der Waals surface area contributed by atoms with Gasteiger partial charge in [-0.2, -0.15) is 10.5 Å². The number of fused-ring (bicyclic) bond motifs is 4. The van der Waals surface area contributed by atoms with Gasteiger partial charge in [-0.05, 0) is 85.2 Å². The number of tetrazole rings is 1. The molecule has 5 N–H and O–H groups in total. The number of hydrogen-bond donors (Lipinski definition) is 4. The van der Waals surface area contributed by atoms with Gasteiger partial charge in [0.15, 0.2) is 5.82 Å². The van der Waals surface area contributed by atoms with Gasteiger partial charge in [-0.15, -0.1) is 10.2 Å². The Morgan fingerprint density at radius 2 is 1.93 bits per heavy atom. The minimum absolute atomic E-state index is 0.0367. The molecule has 6 rings (SSSR count). The van der Waals surface area contributed by atoms with Crippen LogP contribution in [0.1, 0.15) is 63.9 Å². The van der Waals surface area contributed by atoms with Gasteiger partial charge in [-0.25, -0.2) is 0 Å². The molecule has 1 aromatic heterocycles. The second-order valence-corrected chi connectivity index (χ2v) is 11.1. The molecule has 2 fully saturated rings. The van der Waals surface area contributed by atoms with E-state index in [1.54, 1.807) is 25.2 Å². The van der Waals surface area contributed by atoms with Crippen LogP contribution in [-0.4, -0.2) is 69.1 Å². The number of rotatable bonds is 9. The van der Waals surface area contributed by atoms with Gasteiger partial charge in [-0.3, -0.25) is 9.59 Å². The molecule has 0 spiro atoms. The van der Waals surface area contributed by atoms with E-state index in [-0.39, 0.29) is 17.5 Å². The van der Waals surface area contributed by atoms with E-state index >= 15 is 0 Å². The van der Waals surface area contributed by atoms with Crippen molar-refractivity contribution in [1.82, 2.24) is 36.2 Å². The van der Waals surface area contributed by atoms with Crippen molar-refractivity contribution in [2.75, 3.05) is 20.1 Å². The number of carbonyl (C=O) groups is 2. The van der Waals surface area contributed by atoms with E-state index in [1.807, 2.05) is 18.2 Å². The molecule has 1 aliphatic heterocycles. The summed E-state index contributed by atoms with van der Waals surface area (Å²) in [6, 6.07) is 13.2. The van der Waals surface area contributed by atoms with Crippen molar-refractivity contribution < 1.29 is 9.59 Å². The first-order chi connectivity index (χ1) is 19.2. The molecular weight excluding hydrogens is 506 g/mol. The minimum Gasteiger partial charge on any atom is -0.366 e. The predicted molar refractivity (Wildman–Crippen MR) is 147 cm³/mol. The van der Waals surface area contributed by atoms with Gasteiger partial charge in [0, 0.05) is 36.0 Å². The Labute approximate surface area is 231 Å². The summed E-state index contributed by atoms with van der Waals surface area (Å²) in [5.74, 6) is 0.307. The first kappa shape index (κ1) is 25.7. The summed E-state index contributed by atoms with van der Waals surface area (Å²) in [5.41, 5.74) is 10.1. The van der Waals surface area contributed by atoms with Crippen LogP contribution in [0.25, 0.3) is 11.1 Å². The van der Waals surface area contributed by atoms with Gasteiger partial charge < -0.3 is 21.3 Å². The Morgan fingerprint density at radius 1 is 1.23 bits per heavy atom. The number of H-pyrrole nitrogens is 1. The van der Waals surface area contributed by atoms with Crippen molar-refractivity contribution in [2.24, 2.45) is 11.7 Å². The molecule has 2 aliphatic carbocycles. The van der Waals surface area contributed by atoms with Gasteiger partial charge in [0.2, 0.25) is 5.91 Å². The SMILES string of the molecule is C=C(CNCCC1(c2nn[nH]n2)c2ccc(C(N)=O)cc2-c2cc(C(=O)NC)ccc21)N1C(C#N)C[C@@H]2CC21C. The largest absolute Gasteiger partial charge is 0.366 e. The normalized spacial score (nSPS) is 25.5. The zero-order valence-corrected chi connectivity index (χ0v) is 22.5. The van der Waals surface area contributed by atoms with Crippen LogP contribution in [-0.2, 0) is 5.41 Å². The standard InChI is InChI=1S/C29H31N9O2/c1-16(38-20(14-30)12-19-13-28(19,38)2)15-33-9-8-29(27-34-36-37-35-27)23-6-4-17(25(31)39)10-21(23)22-11-18(26(40)32-3)5-7-24(22)29/h4-7,10-11,19-20,33H,1,8-9,12-13,15H2,2-3H3,(H2,31,39)(H,32,40)(H,34,35,36,37)/t19-,20?,28?,29?/m1/s1. The zero-order chi connectivity index (χ0) is 28.2. The summed E-state index contributed by atoms with van der Waals surface area (Å²) in [6.07, 6.45) is 2.56. The summed E-state index contributed by atoms with van der Waals surface area (Å²) in [5, 5.41) is 31.2. The highest BCUT2D eigenvalue weighted by atomic mass is 16.1. The summed E-state index contributed by atoms with van der Waals surface area (Å²) < 4.78 is 0. The summed E-state index contributed by atoms with van der Waals surface area (Å²) in [4.78, 5) is 26.8. The van der Waals surface area contributed by atoms with Crippen molar-refractivity contribution in [3.05, 3.63) is 76.8 Å². The number of piperidine rings is 1. The number of nitriles is 1. The topological polar surface area (TPSA) is 166 Å². The summed E-state index contributed by atoms with van der Waals surface area (Å²) in [6.45, 7) is 7.65. The third kappa shape index (κ3) is 3.71. The number of carbonyl (C=O) groups excluding carboxylic acids is 2.